The molecule has 0 radical (unpaired) electrons. The Hall–Kier alpha value is -0.180. The molecule has 0 aromatic heterocycles. The van der Waals surface area contributed by atoms with Crippen molar-refractivity contribution in [2.24, 2.45) is 0 Å². The van der Waals surface area contributed by atoms with Crippen LogP contribution in [0.25, 0.3) is 0 Å². The fourth-order valence-corrected chi connectivity index (χ4v) is 1.88. The maximum atomic E-state index is 7.47. The second-order valence-corrected chi connectivity index (χ2v) is 3.58. The first-order valence-corrected chi connectivity index (χ1v) is 4.79. The second kappa shape index (κ2) is 3.86. The van der Waals surface area contributed by atoms with E-state index in [0.29, 0.717) is 0 Å². The number of nitrogens with one attached hydrogen (secondary N) is 1. The molecule has 0 spiro atoms. The predicted molar refractivity (Wildman–Crippen MR) is 46.7 cm³/mol. The molecule has 2 nitrogen and oxygen atoms in total. The molecule has 1 fully saturated rings. The van der Waals surface area contributed by atoms with E-state index in [1.54, 1.807) is 11.8 Å². The van der Waals surface area contributed by atoms with Crippen LogP contribution in [0.15, 0.2) is 0 Å². The van der Waals surface area contributed by atoms with Crippen molar-refractivity contribution in [3.63, 3.8) is 0 Å². The molecule has 3 heteroatoms. The Balaban J connectivity index is 2.20. The highest BCUT2D eigenvalue weighted by atomic mass is 32.2. The number of thioether (sulfide) groups is 1. The van der Waals surface area contributed by atoms with Gasteiger partial charge in [0, 0.05) is 18.8 Å². The summed E-state index contributed by atoms with van der Waals surface area (Å²) in [6.45, 7) is 4.36. The molecule has 10 heavy (non-hydrogen) atoms. The third-order valence-electron chi connectivity index (χ3n) is 1.67. The van der Waals surface area contributed by atoms with E-state index >= 15 is 0 Å². The highest BCUT2D eigenvalue weighted by Crippen LogP contribution is 2.16. The fraction of sp³-hybridized carbons (Fsp3) is 0.857. The van der Waals surface area contributed by atoms with E-state index in [9.17, 15) is 0 Å². The minimum Gasteiger partial charge on any atom is -0.351 e. The largest absolute Gasteiger partial charge is 0.351 e. The SMILES string of the molecule is CCCCN1CCSC1=N. The maximum absolute atomic E-state index is 7.47. The first kappa shape index (κ1) is 7.92. The highest BCUT2D eigenvalue weighted by Gasteiger charge is 2.15. The summed E-state index contributed by atoms with van der Waals surface area (Å²) < 4.78 is 0. The van der Waals surface area contributed by atoms with Gasteiger partial charge in [0.15, 0.2) is 5.17 Å². The normalized spacial score (nSPS) is 18.5. The Labute approximate surface area is 66.5 Å². The quantitative estimate of drug-likeness (QED) is 0.677. The van der Waals surface area contributed by atoms with Crippen LogP contribution < -0.4 is 0 Å². The molecule has 1 rings (SSSR count). The number of nitrogens with zero attached hydrogens (tertiary/aromatic N) is 1. The summed E-state index contributed by atoms with van der Waals surface area (Å²) in [7, 11) is 0. The zero-order valence-electron chi connectivity index (χ0n) is 6.39. The summed E-state index contributed by atoms with van der Waals surface area (Å²) in [6.07, 6.45) is 2.46. The lowest BCUT2D eigenvalue weighted by Crippen LogP contribution is -2.24. The number of hydrogen-bond donors (Lipinski definition) is 1. The molecule has 1 saturated heterocycles. The molecule has 1 aliphatic heterocycles. The third-order valence-corrected chi connectivity index (χ3v) is 2.59. The number of unbranched alkanes of at least 4 members (excludes halogenated alkanes) is 1. The first-order valence-electron chi connectivity index (χ1n) is 3.81. The van der Waals surface area contributed by atoms with E-state index in [-0.39, 0.29) is 0 Å². The monoisotopic (exact) mass is 158 g/mol. The van der Waals surface area contributed by atoms with Crippen LogP contribution in [0.1, 0.15) is 19.8 Å². The minimum absolute atomic E-state index is 0.772. The number of amidine groups is 1. The molecule has 1 N–H and O–H groups in total. The van der Waals surface area contributed by atoms with Gasteiger partial charge in [0.2, 0.25) is 0 Å². The molecule has 0 atom stereocenters. The summed E-state index contributed by atoms with van der Waals surface area (Å²) in [6, 6.07) is 0. The maximum Gasteiger partial charge on any atom is 0.156 e. The molecule has 0 amide bonds. The predicted octanol–water partition coefficient (Wildman–Crippen LogP) is 1.77. The molecule has 1 heterocycles. The van der Waals surface area contributed by atoms with Crippen molar-refractivity contribution >= 4 is 16.9 Å². The topological polar surface area (TPSA) is 27.1 Å². The van der Waals surface area contributed by atoms with Crippen molar-refractivity contribution in [2.45, 2.75) is 19.8 Å². The van der Waals surface area contributed by atoms with Crippen molar-refractivity contribution in [1.29, 1.82) is 5.41 Å². The Morgan fingerprint density at radius 2 is 2.50 bits per heavy atom. The fourth-order valence-electron chi connectivity index (χ4n) is 1.01. The van der Waals surface area contributed by atoms with Crippen LogP contribution in [0.3, 0.4) is 0 Å². The van der Waals surface area contributed by atoms with Gasteiger partial charge in [-0.15, -0.1) is 0 Å². The van der Waals surface area contributed by atoms with Crippen LogP contribution in [0.4, 0.5) is 0 Å². The van der Waals surface area contributed by atoms with Gasteiger partial charge in [0.1, 0.15) is 0 Å². The smallest absolute Gasteiger partial charge is 0.156 e. The number of hydrogen-bond acceptors (Lipinski definition) is 2. The summed E-state index contributed by atoms with van der Waals surface area (Å²) >= 11 is 1.67. The van der Waals surface area contributed by atoms with Gasteiger partial charge in [-0.05, 0) is 6.42 Å². The minimum atomic E-state index is 0.772. The average Bonchev–Trinajstić information content (AvgIpc) is 2.31. The van der Waals surface area contributed by atoms with Crippen molar-refractivity contribution in [3.05, 3.63) is 0 Å². The van der Waals surface area contributed by atoms with Gasteiger partial charge >= 0.3 is 0 Å². The third kappa shape index (κ3) is 1.90. The van der Waals surface area contributed by atoms with Crippen LogP contribution in [0.2, 0.25) is 0 Å². The second-order valence-electron chi connectivity index (χ2n) is 2.49. The van der Waals surface area contributed by atoms with Crippen LogP contribution in [0, 0.1) is 5.41 Å². The Bertz CT molecular complexity index is 125. The van der Waals surface area contributed by atoms with Gasteiger partial charge in [-0.3, -0.25) is 5.41 Å². The summed E-state index contributed by atoms with van der Waals surface area (Å²) in [5.74, 6) is 1.11. The Morgan fingerprint density at radius 1 is 1.70 bits per heavy atom. The van der Waals surface area contributed by atoms with E-state index in [0.717, 1.165) is 24.0 Å². The standard InChI is InChI=1S/C7H14N2S/c1-2-3-4-9-5-6-10-7(9)8/h8H,2-6H2,1H3. The summed E-state index contributed by atoms with van der Waals surface area (Å²) in [5.41, 5.74) is 0. The van der Waals surface area contributed by atoms with Gasteiger partial charge in [-0.1, -0.05) is 25.1 Å². The van der Waals surface area contributed by atoms with E-state index in [1.807, 2.05) is 0 Å². The summed E-state index contributed by atoms with van der Waals surface area (Å²) in [5, 5.41) is 8.24. The highest BCUT2D eigenvalue weighted by molar-refractivity contribution is 8.14. The lowest BCUT2D eigenvalue weighted by Gasteiger charge is -2.14. The van der Waals surface area contributed by atoms with Crippen molar-refractivity contribution in [1.82, 2.24) is 4.90 Å². The van der Waals surface area contributed by atoms with Gasteiger partial charge in [0.05, 0.1) is 0 Å². The van der Waals surface area contributed by atoms with E-state index in [4.69, 9.17) is 5.41 Å². The van der Waals surface area contributed by atoms with Gasteiger partial charge in [-0.25, -0.2) is 0 Å². The van der Waals surface area contributed by atoms with Crippen molar-refractivity contribution in [3.8, 4) is 0 Å². The lowest BCUT2D eigenvalue weighted by atomic mass is 10.3. The number of rotatable bonds is 3. The lowest BCUT2D eigenvalue weighted by molar-refractivity contribution is 0.445. The molecule has 1 aliphatic rings. The molecule has 0 saturated carbocycles. The summed E-state index contributed by atoms with van der Waals surface area (Å²) in [4.78, 5) is 2.16. The van der Waals surface area contributed by atoms with E-state index in [2.05, 4.69) is 11.8 Å². The molecule has 0 unspecified atom stereocenters. The van der Waals surface area contributed by atoms with Crippen molar-refractivity contribution < 1.29 is 0 Å². The first-order chi connectivity index (χ1) is 4.84. The molecule has 0 aromatic carbocycles. The van der Waals surface area contributed by atoms with E-state index < -0.39 is 0 Å². The zero-order chi connectivity index (χ0) is 7.40. The zero-order valence-corrected chi connectivity index (χ0v) is 7.21. The van der Waals surface area contributed by atoms with Crippen LogP contribution in [0.5, 0.6) is 0 Å². The molecular formula is C7H14N2S. The molecule has 0 aromatic rings. The average molecular weight is 158 g/mol. The molecule has 58 valence electrons. The molecular weight excluding hydrogens is 144 g/mol. The van der Waals surface area contributed by atoms with Crippen LogP contribution >= 0.6 is 11.8 Å². The van der Waals surface area contributed by atoms with Crippen molar-refractivity contribution in [2.75, 3.05) is 18.8 Å². The van der Waals surface area contributed by atoms with E-state index in [1.165, 1.54) is 12.8 Å². The molecule has 0 aliphatic carbocycles. The van der Waals surface area contributed by atoms with Gasteiger partial charge < -0.3 is 4.90 Å². The van der Waals surface area contributed by atoms with Gasteiger partial charge in [-0.2, -0.15) is 0 Å². The Morgan fingerprint density at radius 3 is 3.00 bits per heavy atom. The van der Waals surface area contributed by atoms with Crippen LogP contribution in [-0.2, 0) is 0 Å². The van der Waals surface area contributed by atoms with Gasteiger partial charge in [0.25, 0.3) is 0 Å². The molecule has 0 bridgehead atoms. The van der Waals surface area contributed by atoms with Crippen LogP contribution in [-0.4, -0.2) is 28.9 Å². The Kier molecular flexibility index (Phi) is 3.06.